The number of amides is 1. The number of carbonyl (C=O) groups is 1. The van der Waals surface area contributed by atoms with Gasteiger partial charge in [-0.05, 0) is 50.4 Å². The number of aromatic nitrogens is 2. The van der Waals surface area contributed by atoms with Crippen LogP contribution in [0.2, 0.25) is 0 Å². The first-order chi connectivity index (χ1) is 12.1. The largest absolute Gasteiger partial charge is 0.352 e. The highest BCUT2D eigenvalue weighted by atomic mass is 16.5. The van der Waals surface area contributed by atoms with E-state index in [1.165, 1.54) is 25.9 Å². The van der Waals surface area contributed by atoms with E-state index in [2.05, 4.69) is 27.3 Å². The molecule has 1 aromatic carbocycles. The third-order valence-corrected chi connectivity index (χ3v) is 4.61. The maximum atomic E-state index is 12.2. The summed E-state index contributed by atoms with van der Waals surface area (Å²) in [7, 11) is 0. The van der Waals surface area contributed by atoms with Crippen LogP contribution in [0.3, 0.4) is 0 Å². The minimum Gasteiger partial charge on any atom is -0.352 e. The van der Waals surface area contributed by atoms with Gasteiger partial charge in [0.2, 0.25) is 11.7 Å². The molecule has 0 saturated carbocycles. The second-order valence-corrected chi connectivity index (χ2v) is 6.87. The van der Waals surface area contributed by atoms with Gasteiger partial charge >= 0.3 is 0 Å². The molecule has 1 atom stereocenters. The van der Waals surface area contributed by atoms with Crippen molar-refractivity contribution in [3.8, 4) is 11.4 Å². The van der Waals surface area contributed by atoms with Crippen molar-refractivity contribution in [2.24, 2.45) is 5.92 Å². The van der Waals surface area contributed by atoms with Crippen LogP contribution in [0.25, 0.3) is 11.4 Å². The van der Waals surface area contributed by atoms with E-state index in [0.717, 1.165) is 24.4 Å². The van der Waals surface area contributed by atoms with Crippen LogP contribution in [0.1, 0.15) is 42.4 Å². The van der Waals surface area contributed by atoms with Gasteiger partial charge in [-0.25, -0.2) is 0 Å². The highest BCUT2D eigenvalue weighted by Crippen LogP contribution is 2.17. The molecule has 1 aromatic heterocycles. The average molecular weight is 342 g/mol. The zero-order valence-electron chi connectivity index (χ0n) is 15.0. The van der Waals surface area contributed by atoms with Crippen LogP contribution in [0, 0.1) is 12.8 Å². The summed E-state index contributed by atoms with van der Waals surface area (Å²) in [4.78, 5) is 18.9. The van der Waals surface area contributed by atoms with Crippen LogP contribution >= 0.6 is 0 Å². The SMILES string of the molecule is Cc1nc(-c2ccc(C(=O)NCCCN3CCC[C@@H](C)C3)cc2)no1. The Bertz CT molecular complexity index is 696. The van der Waals surface area contributed by atoms with E-state index in [4.69, 9.17) is 4.52 Å². The molecule has 0 aliphatic carbocycles. The minimum atomic E-state index is -0.0390. The smallest absolute Gasteiger partial charge is 0.251 e. The van der Waals surface area contributed by atoms with Crippen molar-refractivity contribution in [1.82, 2.24) is 20.4 Å². The monoisotopic (exact) mass is 342 g/mol. The fraction of sp³-hybridized carbons (Fsp3) is 0.526. The Morgan fingerprint density at radius 1 is 1.36 bits per heavy atom. The number of benzene rings is 1. The number of piperidine rings is 1. The van der Waals surface area contributed by atoms with E-state index in [0.29, 0.717) is 23.8 Å². The molecule has 6 heteroatoms. The summed E-state index contributed by atoms with van der Waals surface area (Å²) >= 11 is 0. The van der Waals surface area contributed by atoms with Gasteiger partial charge < -0.3 is 14.7 Å². The Morgan fingerprint density at radius 2 is 2.16 bits per heavy atom. The van der Waals surface area contributed by atoms with Crippen molar-refractivity contribution >= 4 is 5.91 Å². The van der Waals surface area contributed by atoms with Gasteiger partial charge in [-0.3, -0.25) is 4.79 Å². The van der Waals surface area contributed by atoms with Gasteiger partial charge in [-0.2, -0.15) is 4.98 Å². The topological polar surface area (TPSA) is 71.3 Å². The number of hydrogen-bond acceptors (Lipinski definition) is 5. The van der Waals surface area contributed by atoms with E-state index in [1.807, 2.05) is 12.1 Å². The number of hydrogen-bond donors (Lipinski definition) is 1. The molecule has 0 unspecified atom stereocenters. The van der Waals surface area contributed by atoms with Gasteiger partial charge in [-0.1, -0.05) is 24.2 Å². The average Bonchev–Trinajstić information content (AvgIpc) is 3.05. The van der Waals surface area contributed by atoms with Gasteiger partial charge in [0, 0.05) is 31.1 Å². The van der Waals surface area contributed by atoms with Crippen molar-refractivity contribution in [3.63, 3.8) is 0 Å². The summed E-state index contributed by atoms with van der Waals surface area (Å²) in [6, 6.07) is 7.27. The normalized spacial score (nSPS) is 18.2. The first-order valence-corrected chi connectivity index (χ1v) is 9.03. The van der Waals surface area contributed by atoms with Crippen LogP contribution in [0.5, 0.6) is 0 Å². The summed E-state index contributed by atoms with van der Waals surface area (Å²) in [6.07, 6.45) is 3.62. The first-order valence-electron chi connectivity index (χ1n) is 9.03. The van der Waals surface area contributed by atoms with Gasteiger partial charge in [0.15, 0.2) is 0 Å². The number of carbonyl (C=O) groups excluding carboxylic acids is 1. The van der Waals surface area contributed by atoms with E-state index >= 15 is 0 Å². The minimum absolute atomic E-state index is 0.0390. The predicted octanol–water partition coefficient (Wildman–Crippen LogP) is 2.90. The molecule has 0 bridgehead atoms. The van der Waals surface area contributed by atoms with Crippen LogP contribution in [-0.4, -0.2) is 47.1 Å². The van der Waals surface area contributed by atoms with Crippen molar-refractivity contribution in [2.45, 2.75) is 33.1 Å². The van der Waals surface area contributed by atoms with Gasteiger partial charge in [-0.15, -0.1) is 0 Å². The molecule has 134 valence electrons. The number of likely N-dealkylation sites (tertiary alicyclic amines) is 1. The Labute approximate surface area is 148 Å². The summed E-state index contributed by atoms with van der Waals surface area (Å²) < 4.78 is 4.97. The van der Waals surface area contributed by atoms with Gasteiger partial charge in [0.05, 0.1) is 0 Å². The lowest BCUT2D eigenvalue weighted by atomic mass is 10.0. The number of nitrogens with one attached hydrogen (secondary N) is 1. The summed E-state index contributed by atoms with van der Waals surface area (Å²) in [6.45, 7) is 8.20. The van der Waals surface area contributed by atoms with Crippen LogP contribution in [0.15, 0.2) is 28.8 Å². The fourth-order valence-electron chi connectivity index (χ4n) is 3.28. The second-order valence-electron chi connectivity index (χ2n) is 6.87. The molecule has 0 spiro atoms. The van der Waals surface area contributed by atoms with Crippen LogP contribution in [-0.2, 0) is 0 Å². The standard InChI is InChI=1S/C19H26N4O2/c1-14-5-3-11-23(13-14)12-4-10-20-19(24)17-8-6-16(7-9-17)18-21-15(2)25-22-18/h6-9,14H,3-5,10-13H2,1-2H3,(H,20,24)/t14-/m1/s1. The van der Waals surface area contributed by atoms with Crippen LogP contribution in [0.4, 0.5) is 0 Å². The Hall–Kier alpha value is -2.21. The molecular formula is C19H26N4O2. The molecule has 1 fully saturated rings. The molecule has 6 nitrogen and oxygen atoms in total. The van der Waals surface area contributed by atoms with E-state index in [9.17, 15) is 4.79 Å². The quantitative estimate of drug-likeness (QED) is 0.817. The van der Waals surface area contributed by atoms with Gasteiger partial charge in [0.1, 0.15) is 0 Å². The number of rotatable bonds is 6. The summed E-state index contributed by atoms with van der Waals surface area (Å²) in [5.41, 5.74) is 1.49. The third kappa shape index (κ3) is 4.89. The Kier molecular flexibility index (Phi) is 5.81. The second kappa shape index (κ2) is 8.25. The van der Waals surface area contributed by atoms with E-state index in [-0.39, 0.29) is 5.91 Å². The molecule has 1 aliphatic heterocycles. The van der Waals surface area contributed by atoms with Gasteiger partial charge in [0.25, 0.3) is 5.91 Å². The van der Waals surface area contributed by atoms with Crippen LogP contribution < -0.4 is 5.32 Å². The Balaban J connectivity index is 1.43. The van der Waals surface area contributed by atoms with Crippen molar-refractivity contribution in [3.05, 3.63) is 35.7 Å². The number of nitrogens with zero attached hydrogens (tertiary/aromatic N) is 3. The third-order valence-electron chi connectivity index (χ3n) is 4.61. The molecule has 1 amide bonds. The molecule has 2 heterocycles. The lowest BCUT2D eigenvalue weighted by Gasteiger charge is -2.30. The number of aryl methyl sites for hydroxylation is 1. The Morgan fingerprint density at radius 3 is 2.84 bits per heavy atom. The van der Waals surface area contributed by atoms with E-state index < -0.39 is 0 Å². The lowest BCUT2D eigenvalue weighted by molar-refractivity contribution is 0.0950. The molecule has 25 heavy (non-hydrogen) atoms. The van der Waals surface area contributed by atoms with Crippen molar-refractivity contribution < 1.29 is 9.32 Å². The molecule has 2 aromatic rings. The molecular weight excluding hydrogens is 316 g/mol. The van der Waals surface area contributed by atoms with Crippen molar-refractivity contribution in [1.29, 1.82) is 0 Å². The first kappa shape index (κ1) is 17.6. The van der Waals surface area contributed by atoms with Crippen molar-refractivity contribution in [2.75, 3.05) is 26.2 Å². The molecule has 1 aliphatic rings. The zero-order valence-corrected chi connectivity index (χ0v) is 15.0. The predicted molar refractivity (Wildman–Crippen MR) is 96.3 cm³/mol. The zero-order chi connectivity index (χ0) is 17.6. The molecule has 1 saturated heterocycles. The molecule has 1 N–H and O–H groups in total. The maximum absolute atomic E-state index is 12.2. The molecule has 0 radical (unpaired) electrons. The summed E-state index contributed by atoms with van der Waals surface area (Å²) in [5.74, 6) is 1.83. The molecule has 3 rings (SSSR count). The fourth-order valence-corrected chi connectivity index (χ4v) is 3.28. The summed E-state index contributed by atoms with van der Waals surface area (Å²) in [5, 5.41) is 6.88. The lowest BCUT2D eigenvalue weighted by Crippen LogP contribution is -2.36. The highest BCUT2D eigenvalue weighted by Gasteiger charge is 2.15. The maximum Gasteiger partial charge on any atom is 0.251 e. The highest BCUT2D eigenvalue weighted by molar-refractivity contribution is 5.94. The van der Waals surface area contributed by atoms with E-state index in [1.54, 1.807) is 19.1 Å².